The van der Waals surface area contributed by atoms with Crippen LogP contribution in [0.15, 0.2) is 30.3 Å². The molecular formula is C18H17Cl2N3O2. The Kier molecular flexibility index (Phi) is 4.88. The van der Waals surface area contributed by atoms with Crippen molar-refractivity contribution in [2.45, 2.75) is 26.3 Å². The van der Waals surface area contributed by atoms with Crippen molar-refractivity contribution in [1.82, 2.24) is 0 Å². The monoisotopic (exact) mass is 377 g/mol. The molecule has 0 fully saturated rings. The van der Waals surface area contributed by atoms with Gasteiger partial charge in [-0.2, -0.15) is 0 Å². The maximum atomic E-state index is 12.3. The van der Waals surface area contributed by atoms with Gasteiger partial charge in [-0.1, -0.05) is 23.2 Å². The number of nitrogens with one attached hydrogen (secondary N) is 3. The minimum absolute atomic E-state index is 0.0167. The third kappa shape index (κ3) is 3.89. The van der Waals surface area contributed by atoms with E-state index in [2.05, 4.69) is 16.0 Å². The Labute approximate surface area is 155 Å². The first-order valence-electron chi connectivity index (χ1n) is 7.77. The maximum Gasteiger partial charge on any atom is 0.247 e. The van der Waals surface area contributed by atoms with E-state index in [4.69, 9.17) is 23.2 Å². The lowest BCUT2D eigenvalue weighted by Gasteiger charge is -2.27. The van der Waals surface area contributed by atoms with E-state index < -0.39 is 6.04 Å². The molecule has 0 spiro atoms. The first-order chi connectivity index (χ1) is 11.8. The number of fused-ring (bicyclic) bond motifs is 1. The molecular weight excluding hydrogens is 361 g/mol. The highest BCUT2D eigenvalue weighted by Crippen LogP contribution is 2.31. The van der Waals surface area contributed by atoms with Gasteiger partial charge in [-0.05, 0) is 55.3 Å². The van der Waals surface area contributed by atoms with Crippen LogP contribution in [0.5, 0.6) is 0 Å². The predicted octanol–water partition coefficient (Wildman–Crippen LogP) is 4.37. The number of rotatable bonds is 3. The van der Waals surface area contributed by atoms with Gasteiger partial charge in [-0.15, -0.1) is 0 Å². The van der Waals surface area contributed by atoms with Crippen LogP contribution in [-0.2, 0) is 9.59 Å². The van der Waals surface area contributed by atoms with Gasteiger partial charge < -0.3 is 16.0 Å². The summed E-state index contributed by atoms with van der Waals surface area (Å²) in [7, 11) is 0. The van der Waals surface area contributed by atoms with Crippen LogP contribution in [0.3, 0.4) is 0 Å². The van der Waals surface area contributed by atoms with E-state index in [-0.39, 0.29) is 18.2 Å². The van der Waals surface area contributed by atoms with Crippen molar-refractivity contribution in [3.05, 3.63) is 51.5 Å². The van der Waals surface area contributed by atoms with Gasteiger partial charge in [0.25, 0.3) is 0 Å². The van der Waals surface area contributed by atoms with Crippen molar-refractivity contribution in [3.63, 3.8) is 0 Å². The molecule has 1 atom stereocenters. The summed E-state index contributed by atoms with van der Waals surface area (Å²) in [6, 6.07) is 8.03. The fourth-order valence-corrected chi connectivity index (χ4v) is 3.09. The Balaban J connectivity index is 1.71. The van der Waals surface area contributed by atoms with E-state index in [0.29, 0.717) is 15.7 Å². The number of hydrogen-bond acceptors (Lipinski definition) is 3. The van der Waals surface area contributed by atoms with Crippen LogP contribution in [0.2, 0.25) is 10.0 Å². The molecule has 0 aromatic heterocycles. The Hall–Kier alpha value is -2.24. The lowest BCUT2D eigenvalue weighted by atomic mass is 10.0. The number of halogens is 2. The summed E-state index contributed by atoms with van der Waals surface area (Å²) in [6.45, 7) is 3.98. The van der Waals surface area contributed by atoms with Crippen molar-refractivity contribution >= 4 is 52.1 Å². The summed E-state index contributed by atoms with van der Waals surface area (Å²) < 4.78 is 0. The fraction of sp³-hybridized carbons (Fsp3) is 0.222. The lowest BCUT2D eigenvalue weighted by Crippen LogP contribution is -2.41. The number of carbonyl (C=O) groups is 2. The first kappa shape index (κ1) is 17.6. The number of benzene rings is 2. The molecule has 0 saturated carbocycles. The first-order valence-corrected chi connectivity index (χ1v) is 8.52. The van der Waals surface area contributed by atoms with Crippen molar-refractivity contribution in [3.8, 4) is 0 Å². The molecule has 0 unspecified atom stereocenters. The van der Waals surface area contributed by atoms with Gasteiger partial charge in [0.05, 0.1) is 28.5 Å². The summed E-state index contributed by atoms with van der Waals surface area (Å²) in [5, 5.41) is 9.50. The maximum absolute atomic E-state index is 12.3. The third-order valence-corrected chi connectivity index (χ3v) is 4.68. The van der Waals surface area contributed by atoms with E-state index >= 15 is 0 Å². The van der Waals surface area contributed by atoms with Crippen molar-refractivity contribution in [2.24, 2.45) is 0 Å². The second-order valence-electron chi connectivity index (χ2n) is 6.04. The third-order valence-electron chi connectivity index (χ3n) is 4.13. The van der Waals surface area contributed by atoms with Gasteiger partial charge in [0.2, 0.25) is 11.8 Å². The highest BCUT2D eigenvalue weighted by Gasteiger charge is 2.28. The van der Waals surface area contributed by atoms with Gasteiger partial charge in [0, 0.05) is 5.02 Å². The van der Waals surface area contributed by atoms with E-state index in [1.807, 2.05) is 26.0 Å². The van der Waals surface area contributed by atoms with Crippen LogP contribution in [0, 0.1) is 13.8 Å². The Bertz CT molecular complexity index is 868. The molecule has 2 aromatic carbocycles. The van der Waals surface area contributed by atoms with Crippen LogP contribution in [0.25, 0.3) is 0 Å². The van der Waals surface area contributed by atoms with E-state index in [0.717, 1.165) is 22.5 Å². The Morgan fingerprint density at radius 1 is 1.12 bits per heavy atom. The smallest absolute Gasteiger partial charge is 0.247 e. The average molecular weight is 378 g/mol. The number of amides is 2. The number of carbonyl (C=O) groups excluding carboxylic acids is 2. The molecule has 7 heteroatoms. The molecule has 0 bridgehead atoms. The molecule has 0 saturated heterocycles. The number of anilines is 3. The zero-order valence-corrected chi connectivity index (χ0v) is 15.3. The molecule has 1 heterocycles. The molecule has 2 amide bonds. The van der Waals surface area contributed by atoms with Gasteiger partial charge in [-0.25, -0.2) is 0 Å². The van der Waals surface area contributed by atoms with Crippen LogP contribution in [-0.4, -0.2) is 17.9 Å². The molecule has 2 aromatic rings. The fourth-order valence-electron chi connectivity index (χ4n) is 2.63. The highest BCUT2D eigenvalue weighted by atomic mass is 35.5. The minimum Gasteiger partial charge on any atom is -0.372 e. The SMILES string of the molecule is Cc1cc2c(cc1C)N[C@@H](CC(=O)Nc1ccc(Cl)cc1Cl)C(=O)N2. The quantitative estimate of drug-likeness (QED) is 0.743. The summed E-state index contributed by atoms with van der Waals surface area (Å²) in [6.07, 6.45) is -0.0167. The van der Waals surface area contributed by atoms with Crippen LogP contribution in [0.1, 0.15) is 17.5 Å². The lowest BCUT2D eigenvalue weighted by molar-refractivity contribution is -0.122. The van der Waals surface area contributed by atoms with E-state index in [9.17, 15) is 9.59 Å². The average Bonchev–Trinajstić information content (AvgIpc) is 2.53. The number of hydrogen-bond donors (Lipinski definition) is 3. The van der Waals surface area contributed by atoms with E-state index in [1.54, 1.807) is 18.2 Å². The minimum atomic E-state index is -0.652. The predicted molar refractivity (Wildman–Crippen MR) is 102 cm³/mol. The molecule has 25 heavy (non-hydrogen) atoms. The second kappa shape index (κ2) is 6.94. The van der Waals surface area contributed by atoms with Crippen LogP contribution >= 0.6 is 23.2 Å². The summed E-state index contributed by atoms with van der Waals surface area (Å²) in [5.74, 6) is -0.558. The van der Waals surface area contributed by atoms with Gasteiger partial charge in [0.1, 0.15) is 6.04 Å². The molecule has 0 aliphatic carbocycles. The molecule has 130 valence electrons. The molecule has 0 radical (unpaired) electrons. The summed E-state index contributed by atoms with van der Waals surface area (Å²) in [4.78, 5) is 24.5. The summed E-state index contributed by atoms with van der Waals surface area (Å²) >= 11 is 11.9. The molecule has 5 nitrogen and oxygen atoms in total. The van der Waals surface area contributed by atoms with Gasteiger partial charge in [-0.3, -0.25) is 9.59 Å². The molecule has 1 aliphatic rings. The Morgan fingerprint density at radius 3 is 2.48 bits per heavy atom. The Morgan fingerprint density at radius 2 is 1.80 bits per heavy atom. The van der Waals surface area contributed by atoms with Crippen molar-refractivity contribution in [1.29, 1.82) is 0 Å². The molecule has 3 rings (SSSR count). The van der Waals surface area contributed by atoms with Gasteiger partial charge in [0.15, 0.2) is 0 Å². The summed E-state index contributed by atoms with van der Waals surface area (Å²) in [5.41, 5.74) is 4.20. The zero-order valence-electron chi connectivity index (χ0n) is 13.7. The largest absolute Gasteiger partial charge is 0.372 e. The number of aryl methyl sites for hydroxylation is 2. The van der Waals surface area contributed by atoms with Crippen molar-refractivity contribution < 1.29 is 9.59 Å². The van der Waals surface area contributed by atoms with Crippen LogP contribution in [0.4, 0.5) is 17.1 Å². The second-order valence-corrected chi connectivity index (χ2v) is 6.89. The highest BCUT2D eigenvalue weighted by molar-refractivity contribution is 6.36. The zero-order chi connectivity index (χ0) is 18.1. The standard InChI is InChI=1S/C18H17Cl2N3O2/c1-9-5-14-15(6-10(9)2)23-18(25)16(21-14)8-17(24)22-13-4-3-11(19)7-12(13)20/h3-7,16,21H,8H2,1-2H3,(H,22,24)(H,23,25)/t16-/m0/s1. The molecule has 1 aliphatic heterocycles. The topological polar surface area (TPSA) is 70.2 Å². The molecule has 3 N–H and O–H groups in total. The van der Waals surface area contributed by atoms with Gasteiger partial charge >= 0.3 is 0 Å². The van der Waals surface area contributed by atoms with E-state index in [1.165, 1.54) is 0 Å². The van der Waals surface area contributed by atoms with Crippen LogP contribution < -0.4 is 16.0 Å². The van der Waals surface area contributed by atoms with Crippen molar-refractivity contribution in [2.75, 3.05) is 16.0 Å². The normalized spacial score (nSPS) is 15.8.